The summed E-state index contributed by atoms with van der Waals surface area (Å²) in [6.45, 7) is 8.90. The number of aliphatic hydroxyl groups excluding tert-OH is 1. The van der Waals surface area contributed by atoms with Crippen molar-refractivity contribution < 1.29 is 9.84 Å². The predicted octanol–water partition coefficient (Wildman–Crippen LogP) is 2.59. The molecule has 114 valence electrons. The van der Waals surface area contributed by atoms with Crippen LogP contribution in [0.3, 0.4) is 0 Å². The highest BCUT2D eigenvalue weighted by molar-refractivity contribution is 5.55. The second kappa shape index (κ2) is 8.82. The number of methoxy groups -OCH3 is 1. The van der Waals surface area contributed by atoms with Crippen LogP contribution in [0.4, 0.5) is 11.4 Å². The minimum absolute atomic E-state index is 0.178. The molecular weight excluding hydrogens is 252 g/mol. The third-order valence-corrected chi connectivity index (χ3v) is 3.49. The predicted molar refractivity (Wildman–Crippen MR) is 85.5 cm³/mol. The monoisotopic (exact) mass is 280 g/mol. The van der Waals surface area contributed by atoms with E-state index in [9.17, 15) is 0 Å². The number of rotatable bonds is 9. The van der Waals surface area contributed by atoms with Gasteiger partial charge in [0.05, 0.1) is 19.3 Å². The summed E-state index contributed by atoms with van der Waals surface area (Å²) in [6, 6.07) is 8.66. The van der Waals surface area contributed by atoms with E-state index in [4.69, 9.17) is 9.84 Å². The summed E-state index contributed by atoms with van der Waals surface area (Å²) < 4.78 is 5.25. The van der Waals surface area contributed by atoms with Crippen LogP contribution in [0.1, 0.15) is 20.8 Å². The van der Waals surface area contributed by atoms with Gasteiger partial charge in [-0.15, -0.1) is 0 Å². The molecule has 0 bridgehead atoms. The van der Waals surface area contributed by atoms with E-state index in [1.165, 1.54) is 0 Å². The molecule has 0 aromatic heterocycles. The van der Waals surface area contributed by atoms with Crippen molar-refractivity contribution in [2.75, 3.05) is 43.6 Å². The Labute approximate surface area is 122 Å². The van der Waals surface area contributed by atoms with E-state index in [0.29, 0.717) is 25.1 Å². The minimum Gasteiger partial charge on any atom is -0.395 e. The normalized spacial score (nSPS) is 12.5. The van der Waals surface area contributed by atoms with Crippen molar-refractivity contribution in [3.63, 3.8) is 0 Å². The molecule has 1 unspecified atom stereocenters. The van der Waals surface area contributed by atoms with Crippen molar-refractivity contribution in [2.45, 2.75) is 26.8 Å². The summed E-state index contributed by atoms with van der Waals surface area (Å²) in [4.78, 5) is 2.15. The molecule has 0 saturated carbocycles. The molecular formula is C16H28N2O2. The smallest absolute Gasteiger partial charge is 0.0666 e. The van der Waals surface area contributed by atoms with E-state index in [-0.39, 0.29) is 6.61 Å². The molecule has 1 atom stereocenters. The van der Waals surface area contributed by atoms with Gasteiger partial charge in [0.25, 0.3) is 0 Å². The number of nitrogens with zero attached hydrogens (tertiary/aromatic N) is 1. The average Bonchev–Trinajstić information content (AvgIpc) is 2.45. The molecule has 20 heavy (non-hydrogen) atoms. The molecule has 1 aromatic rings. The van der Waals surface area contributed by atoms with Crippen molar-refractivity contribution >= 4 is 11.4 Å². The first-order valence-corrected chi connectivity index (χ1v) is 7.33. The fourth-order valence-electron chi connectivity index (χ4n) is 2.15. The molecule has 0 aliphatic carbocycles. The van der Waals surface area contributed by atoms with E-state index in [2.05, 4.69) is 55.3 Å². The molecule has 2 N–H and O–H groups in total. The zero-order valence-corrected chi connectivity index (χ0v) is 13.1. The average molecular weight is 280 g/mol. The molecule has 0 fully saturated rings. The largest absolute Gasteiger partial charge is 0.395 e. The van der Waals surface area contributed by atoms with Crippen molar-refractivity contribution in [1.82, 2.24) is 0 Å². The summed E-state index contributed by atoms with van der Waals surface area (Å²) >= 11 is 0. The van der Waals surface area contributed by atoms with E-state index in [1.807, 2.05) is 0 Å². The van der Waals surface area contributed by atoms with Gasteiger partial charge in [-0.25, -0.2) is 0 Å². The van der Waals surface area contributed by atoms with E-state index in [1.54, 1.807) is 7.11 Å². The van der Waals surface area contributed by atoms with Gasteiger partial charge in [-0.1, -0.05) is 13.8 Å². The van der Waals surface area contributed by atoms with Crippen molar-refractivity contribution in [3.8, 4) is 0 Å². The maximum Gasteiger partial charge on any atom is 0.0666 e. The maximum absolute atomic E-state index is 9.05. The van der Waals surface area contributed by atoms with Gasteiger partial charge in [-0.2, -0.15) is 0 Å². The molecule has 0 spiro atoms. The quantitative estimate of drug-likeness (QED) is 0.730. The van der Waals surface area contributed by atoms with Crippen LogP contribution in [0.15, 0.2) is 24.3 Å². The number of ether oxygens (including phenoxy) is 1. The summed E-state index contributed by atoms with van der Waals surface area (Å²) in [7, 11) is 1.73. The van der Waals surface area contributed by atoms with Crippen LogP contribution in [-0.2, 0) is 4.74 Å². The van der Waals surface area contributed by atoms with Crippen LogP contribution >= 0.6 is 0 Å². The Balaban J connectivity index is 2.69. The van der Waals surface area contributed by atoms with Gasteiger partial charge in [-0.05, 0) is 37.1 Å². The van der Waals surface area contributed by atoms with Gasteiger partial charge in [0.15, 0.2) is 0 Å². The van der Waals surface area contributed by atoms with Crippen LogP contribution in [0.2, 0.25) is 0 Å². The molecule has 1 aromatic carbocycles. The molecule has 1 rings (SSSR count). The van der Waals surface area contributed by atoms with Crippen molar-refractivity contribution in [2.24, 2.45) is 5.92 Å². The highest BCUT2D eigenvalue weighted by Crippen LogP contribution is 2.19. The number of anilines is 2. The Bertz CT molecular complexity index is 365. The summed E-state index contributed by atoms with van der Waals surface area (Å²) in [5, 5.41) is 12.6. The van der Waals surface area contributed by atoms with Crippen LogP contribution in [-0.4, -0.2) is 44.6 Å². The number of nitrogens with one attached hydrogen (secondary N) is 1. The first kappa shape index (κ1) is 16.8. The Morgan fingerprint density at radius 2 is 1.90 bits per heavy atom. The fraction of sp³-hybridized carbons (Fsp3) is 0.625. The Kier molecular flexibility index (Phi) is 7.41. The summed E-state index contributed by atoms with van der Waals surface area (Å²) in [5.41, 5.74) is 2.24. The minimum atomic E-state index is 0.178. The maximum atomic E-state index is 9.05. The lowest BCUT2D eigenvalue weighted by atomic mass is 10.0. The van der Waals surface area contributed by atoms with Crippen LogP contribution in [0.25, 0.3) is 0 Å². The van der Waals surface area contributed by atoms with Gasteiger partial charge < -0.3 is 20.1 Å². The third-order valence-electron chi connectivity index (χ3n) is 3.49. The van der Waals surface area contributed by atoms with Gasteiger partial charge in [0, 0.05) is 31.6 Å². The van der Waals surface area contributed by atoms with E-state index < -0.39 is 0 Å². The fourth-order valence-corrected chi connectivity index (χ4v) is 2.15. The van der Waals surface area contributed by atoms with Gasteiger partial charge in [0.1, 0.15) is 0 Å². The van der Waals surface area contributed by atoms with Crippen molar-refractivity contribution in [3.05, 3.63) is 24.3 Å². The van der Waals surface area contributed by atoms with Gasteiger partial charge in [-0.3, -0.25) is 0 Å². The van der Waals surface area contributed by atoms with Crippen LogP contribution in [0.5, 0.6) is 0 Å². The van der Waals surface area contributed by atoms with Crippen LogP contribution < -0.4 is 10.2 Å². The Hall–Kier alpha value is -1.26. The Morgan fingerprint density at radius 3 is 2.35 bits per heavy atom. The standard InChI is InChI=1S/C16H28N2O2/c1-5-18(10-11-19)15-8-6-14(7-9-15)17-16(12-20-4)13(2)3/h6-9,13,16-17,19H,5,10-12H2,1-4H3. The molecule has 0 aliphatic rings. The molecule has 4 nitrogen and oxygen atoms in total. The van der Waals surface area contributed by atoms with E-state index in [0.717, 1.165) is 17.9 Å². The SMILES string of the molecule is CCN(CCO)c1ccc(NC(COC)C(C)C)cc1. The number of hydrogen-bond donors (Lipinski definition) is 2. The summed E-state index contributed by atoms with van der Waals surface area (Å²) in [6.07, 6.45) is 0. The van der Waals surface area contributed by atoms with E-state index >= 15 is 0 Å². The number of aliphatic hydroxyl groups is 1. The number of benzene rings is 1. The zero-order chi connectivity index (χ0) is 15.0. The molecule has 0 saturated heterocycles. The highest BCUT2D eigenvalue weighted by atomic mass is 16.5. The third kappa shape index (κ3) is 5.02. The van der Waals surface area contributed by atoms with Gasteiger partial charge >= 0.3 is 0 Å². The molecule has 0 radical (unpaired) electrons. The second-order valence-corrected chi connectivity index (χ2v) is 5.30. The Morgan fingerprint density at radius 1 is 1.25 bits per heavy atom. The van der Waals surface area contributed by atoms with Crippen molar-refractivity contribution in [1.29, 1.82) is 0 Å². The number of hydrogen-bond acceptors (Lipinski definition) is 4. The highest BCUT2D eigenvalue weighted by Gasteiger charge is 2.12. The zero-order valence-electron chi connectivity index (χ0n) is 13.1. The molecule has 4 heteroatoms. The van der Waals surface area contributed by atoms with Gasteiger partial charge in [0.2, 0.25) is 0 Å². The topological polar surface area (TPSA) is 44.7 Å². The molecule has 0 amide bonds. The molecule has 0 heterocycles. The second-order valence-electron chi connectivity index (χ2n) is 5.30. The van der Waals surface area contributed by atoms with Crippen LogP contribution in [0, 0.1) is 5.92 Å². The lowest BCUT2D eigenvalue weighted by Crippen LogP contribution is -2.30. The lowest BCUT2D eigenvalue weighted by Gasteiger charge is -2.24. The molecule has 0 aliphatic heterocycles. The lowest BCUT2D eigenvalue weighted by molar-refractivity contribution is 0.171. The first-order valence-electron chi connectivity index (χ1n) is 7.33. The first-order chi connectivity index (χ1) is 9.62. The number of likely N-dealkylation sites (N-methyl/N-ethyl adjacent to an activating group) is 1. The summed E-state index contributed by atoms with van der Waals surface area (Å²) in [5.74, 6) is 0.510.